The Morgan fingerprint density at radius 1 is 1.08 bits per heavy atom. The third kappa shape index (κ3) is 3.28. The smallest absolute Gasteiger partial charge is 0.241 e. The molecule has 0 bridgehead atoms. The number of nitrogens with zero attached hydrogens (tertiary/aromatic N) is 2. The Balaban J connectivity index is 1.58. The molecule has 0 unspecified atom stereocenters. The molecule has 39 heavy (non-hydrogen) atoms. The van der Waals surface area contributed by atoms with Gasteiger partial charge in [0.05, 0.1) is 41.0 Å². The summed E-state index contributed by atoms with van der Waals surface area (Å²) in [6.07, 6.45) is 2.36. The largest absolute Gasteiger partial charge is 0.508 e. The second kappa shape index (κ2) is 8.64. The van der Waals surface area contributed by atoms with Crippen molar-refractivity contribution < 1.29 is 33.4 Å². The number of carbonyl (C=O) groups excluding carboxylic acids is 4. The number of anilines is 1. The van der Waals surface area contributed by atoms with Gasteiger partial charge in [-0.25, -0.2) is 9.29 Å². The molecule has 2 aromatic rings. The van der Waals surface area contributed by atoms with Gasteiger partial charge in [-0.1, -0.05) is 29.3 Å². The first-order valence-electron chi connectivity index (χ1n) is 12.7. The van der Waals surface area contributed by atoms with Gasteiger partial charge in [0.1, 0.15) is 17.3 Å². The maximum Gasteiger partial charge on any atom is 0.241 e. The molecule has 0 aromatic heterocycles. The number of fused-ring (bicyclic) bond motifs is 4. The molecule has 202 valence electrons. The molecule has 4 aliphatic rings. The lowest BCUT2D eigenvalue weighted by Gasteiger charge is -2.49. The third-order valence-corrected chi connectivity index (χ3v) is 9.50. The molecule has 2 heterocycles. The Kier molecular flexibility index (Phi) is 5.66. The molecule has 0 radical (unpaired) electrons. The van der Waals surface area contributed by atoms with Crippen LogP contribution in [0.25, 0.3) is 0 Å². The van der Waals surface area contributed by atoms with E-state index >= 15 is 0 Å². The maximum absolute atomic E-state index is 14.3. The zero-order valence-electron chi connectivity index (χ0n) is 21.5. The van der Waals surface area contributed by atoms with Crippen LogP contribution in [0.5, 0.6) is 11.5 Å². The first kappa shape index (κ1) is 25.6. The number of benzene rings is 2. The second-order valence-electron chi connectivity index (χ2n) is 10.9. The highest BCUT2D eigenvalue weighted by molar-refractivity contribution is 6.31. The van der Waals surface area contributed by atoms with Crippen LogP contribution in [0, 0.1) is 34.9 Å². The molecule has 2 aliphatic heterocycles. The number of ether oxygens (including phenoxy) is 1. The molecule has 8 nitrogen and oxygen atoms in total. The van der Waals surface area contributed by atoms with Gasteiger partial charge in [0, 0.05) is 18.5 Å². The number of rotatable bonds is 3. The summed E-state index contributed by atoms with van der Waals surface area (Å²) in [5.74, 6) is -5.53. The van der Waals surface area contributed by atoms with Gasteiger partial charge < -0.3 is 9.84 Å². The highest BCUT2D eigenvalue weighted by Crippen LogP contribution is 2.65. The molecule has 2 aliphatic carbocycles. The molecule has 1 N–H and O–H groups in total. The standard InChI is InChI=1S/C29H26ClFN2O6/c1-29-17(26(36)33(28(29)38)13-7-10-19(31)18(30)11-13)12-16-14(8-9-15-22(16)27(37)32(2)25(15)35)24(29)23-20(34)5-4-6-21(23)39-3/h4-8,10-11,15-17,22,24,34H,9,12H2,1-3H3/t15-,16+,17-,22-,24+,29+/m0/s1. The topological polar surface area (TPSA) is 104 Å². The molecule has 0 spiro atoms. The Morgan fingerprint density at radius 3 is 2.51 bits per heavy atom. The summed E-state index contributed by atoms with van der Waals surface area (Å²) < 4.78 is 19.6. The lowest BCUT2D eigenvalue weighted by molar-refractivity contribution is -0.138. The van der Waals surface area contributed by atoms with Gasteiger partial charge in [-0.3, -0.25) is 24.1 Å². The molecular weight excluding hydrogens is 527 g/mol. The van der Waals surface area contributed by atoms with E-state index in [1.165, 1.54) is 32.4 Å². The van der Waals surface area contributed by atoms with Gasteiger partial charge in [-0.2, -0.15) is 0 Å². The summed E-state index contributed by atoms with van der Waals surface area (Å²) >= 11 is 6.01. The summed E-state index contributed by atoms with van der Waals surface area (Å²) in [6.45, 7) is 1.69. The molecule has 6 rings (SSSR count). The van der Waals surface area contributed by atoms with E-state index in [1.54, 1.807) is 19.1 Å². The summed E-state index contributed by atoms with van der Waals surface area (Å²) in [5.41, 5.74) is -0.174. The summed E-state index contributed by atoms with van der Waals surface area (Å²) in [6, 6.07) is 8.43. The van der Waals surface area contributed by atoms with Crippen molar-refractivity contribution in [2.45, 2.75) is 25.7 Å². The van der Waals surface area contributed by atoms with Crippen LogP contribution in [0.3, 0.4) is 0 Å². The van der Waals surface area contributed by atoms with E-state index in [4.69, 9.17) is 16.3 Å². The highest BCUT2D eigenvalue weighted by atomic mass is 35.5. The quantitative estimate of drug-likeness (QED) is 0.455. The van der Waals surface area contributed by atoms with Gasteiger partial charge >= 0.3 is 0 Å². The van der Waals surface area contributed by atoms with Crippen molar-refractivity contribution in [3.05, 3.63) is 64.5 Å². The molecule has 6 atom stereocenters. The number of hydrogen-bond donors (Lipinski definition) is 1. The minimum absolute atomic E-state index is 0.113. The number of hydrogen-bond acceptors (Lipinski definition) is 6. The first-order chi connectivity index (χ1) is 18.5. The van der Waals surface area contributed by atoms with Crippen molar-refractivity contribution in [1.29, 1.82) is 0 Å². The van der Waals surface area contributed by atoms with Crippen LogP contribution in [0.4, 0.5) is 10.1 Å². The van der Waals surface area contributed by atoms with Gasteiger partial charge in [0.2, 0.25) is 23.6 Å². The monoisotopic (exact) mass is 552 g/mol. The summed E-state index contributed by atoms with van der Waals surface area (Å²) in [7, 11) is 2.91. The fourth-order valence-corrected chi connectivity index (χ4v) is 7.53. The van der Waals surface area contributed by atoms with Crippen LogP contribution in [-0.2, 0) is 19.2 Å². The zero-order valence-corrected chi connectivity index (χ0v) is 22.2. The van der Waals surface area contributed by atoms with Crippen molar-refractivity contribution in [2.75, 3.05) is 19.1 Å². The second-order valence-corrected chi connectivity index (χ2v) is 11.3. The van der Waals surface area contributed by atoms with Gasteiger partial charge in [-0.15, -0.1) is 0 Å². The Bertz CT molecular complexity index is 1510. The highest BCUT2D eigenvalue weighted by Gasteiger charge is 2.68. The first-order valence-corrected chi connectivity index (χ1v) is 13.1. The average Bonchev–Trinajstić information content (AvgIpc) is 3.25. The molecule has 1 saturated carbocycles. The normalized spacial score (nSPS) is 31.7. The SMILES string of the molecule is COc1cccc(O)c1[C@H]1C2=CC[C@@H]3C(=O)N(C)C(=O)[C@@H]3[C@@H]2C[C@H]2C(=O)N(c3ccc(F)c(Cl)c3)C(=O)[C@@]12C. The number of halogens is 2. The zero-order chi connectivity index (χ0) is 28.0. The number of carbonyl (C=O) groups is 4. The van der Waals surface area contributed by atoms with Crippen LogP contribution in [0.1, 0.15) is 31.2 Å². The van der Waals surface area contributed by atoms with Crippen molar-refractivity contribution in [3.63, 3.8) is 0 Å². The van der Waals surface area contributed by atoms with E-state index < -0.39 is 52.6 Å². The van der Waals surface area contributed by atoms with Crippen LogP contribution in [0.15, 0.2) is 48.0 Å². The molecule has 4 amide bonds. The van der Waals surface area contributed by atoms with E-state index in [-0.39, 0.29) is 34.7 Å². The van der Waals surface area contributed by atoms with Crippen molar-refractivity contribution in [2.24, 2.45) is 29.1 Å². The van der Waals surface area contributed by atoms with E-state index in [1.807, 2.05) is 6.08 Å². The molecular formula is C29H26ClFN2O6. The molecule has 2 saturated heterocycles. The van der Waals surface area contributed by atoms with E-state index in [9.17, 15) is 28.7 Å². The molecule has 3 fully saturated rings. The Hall–Kier alpha value is -3.72. The van der Waals surface area contributed by atoms with Crippen molar-refractivity contribution in [3.8, 4) is 11.5 Å². The maximum atomic E-state index is 14.3. The minimum Gasteiger partial charge on any atom is -0.508 e. The average molecular weight is 553 g/mol. The van der Waals surface area contributed by atoms with E-state index in [2.05, 4.69) is 0 Å². The van der Waals surface area contributed by atoms with E-state index in [0.717, 1.165) is 21.4 Å². The fourth-order valence-electron chi connectivity index (χ4n) is 7.35. The summed E-state index contributed by atoms with van der Waals surface area (Å²) in [4.78, 5) is 56.7. The number of methoxy groups -OCH3 is 1. The Morgan fingerprint density at radius 2 is 1.82 bits per heavy atom. The van der Waals surface area contributed by atoms with Crippen LogP contribution in [-0.4, -0.2) is 47.8 Å². The lowest BCUT2D eigenvalue weighted by Crippen LogP contribution is -2.49. The van der Waals surface area contributed by atoms with Gasteiger partial charge in [-0.05, 0) is 56.0 Å². The third-order valence-electron chi connectivity index (χ3n) is 9.21. The number of allylic oxidation sites excluding steroid dienone is 2. The molecule has 2 aromatic carbocycles. The lowest BCUT2D eigenvalue weighted by atomic mass is 9.51. The number of aromatic hydroxyl groups is 1. The van der Waals surface area contributed by atoms with E-state index in [0.29, 0.717) is 17.7 Å². The number of likely N-dealkylation sites (tertiary alicyclic amines) is 1. The van der Waals surface area contributed by atoms with Crippen LogP contribution >= 0.6 is 11.6 Å². The predicted molar refractivity (Wildman–Crippen MR) is 138 cm³/mol. The summed E-state index contributed by atoms with van der Waals surface area (Å²) in [5, 5.41) is 10.9. The molecule has 10 heteroatoms. The minimum atomic E-state index is -1.38. The van der Waals surface area contributed by atoms with Crippen molar-refractivity contribution in [1.82, 2.24) is 4.90 Å². The number of phenolic OH excluding ortho intramolecular Hbond substituents is 1. The number of amides is 4. The van der Waals surface area contributed by atoms with Crippen molar-refractivity contribution >= 4 is 40.9 Å². The van der Waals surface area contributed by atoms with Gasteiger partial charge in [0.25, 0.3) is 0 Å². The number of imide groups is 2. The van der Waals surface area contributed by atoms with Crippen LogP contribution < -0.4 is 9.64 Å². The number of phenols is 1. The van der Waals surface area contributed by atoms with Gasteiger partial charge in [0.15, 0.2) is 0 Å². The van der Waals surface area contributed by atoms with Crippen LogP contribution in [0.2, 0.25) is 5.02 Å². The fraction of sp³-hybridized carbons (Fsp3) is 0.379. The predicted octanol–water partition coefficient (Wildman–Crippen LogP) is 4.05. The Labute approximate surface area is 229 Å².